The Morgan fingerprint density at radius 3 is 2.71 bits per heavy atom. The van der Waals surface area contributed by atoms with Gasteiger partial charge in [-0.05, 0) is 75.4 Å². The van der Waals surface area contributed by atoms with E-state index < -0.39 is 0 Å². The second-order valence-corrected chi connectivity index (χ2v) is 8.70. The average Bonchev–Trinajstić information content (AvgIpc) is 2.89. The smallest absolute Gasteiger partial charge is 0.278 e. The van der Waals surface area contributed by atoms with Crippen LogP contribution < -0.4 is 9.64 Å². The van der Waals surface area contributed by atoms with Crippen molar-refractivity contribution in [2.24, 2.45) is 4.99 Å². The third-order valence-electron chi connectivity index (χ3n) is 5.65. The predicted molar refractivity (Wildman–Crippen MR) is 115 cm³/mol. The topological polar surface area (TPSA) is 41.9 Å². The van der Waals surface area contributed by atoms with Gasteiger partial charge in [-0.2, -0.15) is 0 Å². The van der Waals surface area contributed by atoms with Gasteiger partial charge in [0.05, 0.1) is 18.0 Å². The summed E-state index contributed by atoms with van der Waals surface area (Å²) in [6, 6.07) is 9.65. The van der Waals surface area contributed by atoms with Gasteiger partial charge in [-0.3, -0.25) is 4.79 Å². The number of ether oxygens (including phenoxy) is 1. The molecule has 0 N–H and O–H groups in total. The van der Waals surface area contributed by atoms with Crippen molar-refractivity contribution < 1.29 is 9.53 Å². The van der Waals surface area contributed by atoms with Crippen LogP contribution in [0.5, 0.6) is 5.75 Å². The van der Waals surface area contributed by atoms with E-state index in [1.54, 1.807) is 6.07 Å². The van der Waals surface area contributed by atoms with Gasteiger partial charge in [-0.1, -0.05) is 24.6 Å². The molecule has 28 heavy (non-hydrogen) atoms. The summed E-state index contributed by atoms with van der Waals surface area (Å²) in [6.07, 6.45) is 0.893. The SMILES string of the molecule is CCOc1cc2c3c(c1)[C@@H](C)CC(C)(C)N3C(=O)C2=Nc1ccc(C)c(Cl)c1. The fourth-order valence-corrected chi connectivity index (χ4v) is 4.60. The zero-order chi connectivity index (χ0) is 20.2. The minimum atomic E-state index is -0.270. The Labute approximate surface area is 171 Å². The summed E-state index contributed by atoms with van der Waals surface area (Å²) < 4.78 is 5.80. The van der Waals surface area contributed by atoms with Crippen molar-refractivity contribution in [3.63, 3.8) is 0 Å². The second kappa shape index (κ2) is 6.63. The highest BCUT2D eigenvalue weighted by Gasteiger charge is 2.48. The molecule has 0 saturated heterocycles. The minimum Gasteiger partial charge on any atom is -0.494 e. The van der Waals surface area contributed by atoms with Crippen LogP contribution in [0, 0.1) is 6.92 Å². The van der Waals surface area contributed by atoms with Crippen LogP contribution >= 0.6 is 11.6 Å². The number of halogens is 1. The maximum absolute atomic E-state index is 13.4. The number of aryl methyl sites for hydroxylation is 1. The molecule has 4 rings (SSSR count). The molecule has 0 radical (unpaired) electrons. The third kappa shape index (κ3) is 2.91. The average molecular weight is 397 g/mol. The van der Waals surface area contributed by atoms with Crippen LogP contribution in [0.2, 0.25) is 5.02 Å². The molecular formula is C23H25ClN2O2. The number of amides is 1. The van der Waals surface area contributed by atoms with Crippen LogP contribution in [0.15, 0.2) is 35.3 Å². The molecule has 146 valence electrons. The van der Waals surface area contributed by atoms with Crippen molar-refractivity contribution >= 4 is 34.6 Å². The molecule has 1 atom stereocenters. The summed E-state index contributed by atoms with van der Waals surface area (Å²) >= 11 is 6.27. The first-order chi connectivity index (χ1) is 13.2. The number of carbonyl (C=O) groups is 1. The Morgan fingerprint density at radius 2 is 2.04 bits per heavy atom. The summed E-state index contributed by atoms with van der Waals surface area (Å²) in [5.41, 5.74) is 4.84. The molecule has 1 amide bonds. The molecule has 2 aromatic carbocycles. The van der Waals surface area contributed by atoms with Gasteiger partial charge in [0.2, 0.25) is 0 Å². The Hall–Kier alpha value is -2.33. The standard InChI is InChI=1S/C23H25ClN2O2/c1-6-28-16-10-17-14(3)12-23(4,5)26-21(17)18(11-16)20(22(26)27)25-15-8-7-13(2)19(24)9-15/h7-11,14H,6,12H2,1-5H3/t14-/m0/s1. The van der Waals surface area contributed by atoms with Gasteiger partial charge >= 0.3 is 0 Å². The zero-order valence-electron chi connectivity index (χ0n) is 17.0. The van der Waals surface area contributed by atoms with Crippen LogP contribution in [0.3, 0.4) is 0 Å². The molecule has 0 aliphatic carbocycles. The van der Waals surface area contributed by atoms with E-state index >= 15 is 0 Å². The van der Waals surface area contributed by atoms with Crippen molar-refractivity contribution in [1.29, 1.82) is 0 Å². The normalized spacial score (nSPS) is 21.2. The Bertz CT molecular complexity index is 1010. The lowest BCUT2D eigenvalue weighted by atomic mass is 9.80. The lowest BCUT2D eigenvalue weighted by Gasteiger charge is -2.43. The molecule has 2 aromatic rings. The Balaban J connectivity index is 1.94. The first-order valence-corrected chi connectivity index (χ1v) is 10.1. The number of nitrogens with zero attached hydrogens (tertiary/aromatic N) is 2. The molecule has 2 aliphatic heterocycles. The van der Waals surface area contributed by atoms with E-state index in [1.165, 1.54) is 0 Å². The molecule has 0 unspecified atom stereocenters. The molecule has 0 aromatic heterocycles. The predicted octanol–water partition coefficient (Wildman–Crippen LogP) is 5.80. The first-order valence-electron chi connectivity index (χ1n) is 9.73. The van der Waals surface area contributed by atoms with Gasteiger partial charge in [0.1, 0.15) is 11.5 Å². The highest BCUT2D eigenvalue weighted by Crippen LogP contribution is 2.50. The van der Waals surface area contributed by atoms with Gasteiger partial charge in [0, 0.05) is 16.1 Å². The van der Waals surface area contributed by atoms with Crippen molar-refractivity contribution in [1.82, 2.24) is 0 Å². The van der Waals surface area contributed by atoms with Crippen LogP contribution in [0.1, 0.15) is 56.7 Å². The lowest BCUT2D eigenvalue weighted by molar-refractivity contribution is -0.113. The van der Waals surface area contributed by atoms with Gasteiger partial charge < -0.3 is 9.64 Å². The molecule has 0 bridgehead atoms. The monoisotopic (exact) mass is 396 g/mol. The number of rotatable bonds is 3. The Morgan fingerprint density at radius 1 is 1.29 bits per heavy atom. The number of hydrogen-bond acceptors (Lipinski definition) is 3. The quantitative estimate of drug-likeness (QED) is 0.657. The number of aliphatic imine (C=N–C) groups is 1. The lowest BCUT2D eigenvalue weighted by Crippen LogP contribution is -2.50. The van der Waals surface area contributed by atoms with Crippen molar-refractivity contribution in [3.8, 4) is 5.75 Å². The van der Waals surface area contributed by atoms with E-state index in [4.69, 9.17) is 21.3 Å². The van der Waals surface area contributed by atoms with Gasteiger partial charge in [-0.25, -0.2) is 4.99 Å². The van der Waals surface area contributed by atoms with Crippen LogP contribution in [0.25, 0.3) is 0 Å². The van der Waals surface area contributed by atoms with Crippen LogP contribution in [-0.4, -0.2) is 23.8 Å². The second-order valence-electron chi connectivity index (χ2n) is 8.29. The van der Waals surface area contributed by atoms with Crippen LogP contribution in [-0.2, 0) is 4.79 Å². The maximum atomic E-state index is 13.4. The summed E-state index contributed by atoms with van der Waals surface area (Å²) in [5.74, 6) is 1.06. The zero-order valence-corrected chi connectivity index (χ0v) is 17.7. The highest BCUT2D eigenvalue weighted by atomic mass is 35.5. The van der Waals surface area contributed by atoms with E-state index in [0.29, 0.717) is 28.9 Å². The molecule has 4 nitrogen and oxygen atoms in total. The van der Waals surface area contributed by atoms with E-state index in [1.807, 2.05) is 36.9 Å². The van der Waals surface area contributed by atoms with Crippen molar-refractivity contribution in [2.45, 2.75) is 52.5 Å². The highest BCUT2D eigenvalue weighted by molar-refractivity contribution is 6.55. The molecule has 2 heterocycles. The van der Waals surface area contributed by atoms with E-state index in [2.05, 4.69) is 26.8 Å². The minimum absolute atomic E-state index is 0.0569. The third-order valence-corrected chi connectivity index (χ3v) is 6.05. The summed E-state index contributed by atoms with van der Waals surface area (Å²) in [6.45, 7) is 10.9. The number of benzene rings is 2. The molecule has 0 fully saturated rings. The van der Waals surface area contributed by atoms with E-state index in [0.717, 1.165) is 34.5 Å². The molecule has 0 spiro atoms. The van der Waals surface area contributed by atoms with Crippen molar-refractivity contribution in [3.05, 3.63) is 52.0 Å². The first kappa shape index (κ1) is 19.0. The summed E-state index contributed by atoms with van der Waals surface area (Å²) in [4.78, 5) is 20.1. The Kier molecular flexibility index (Phi) is 4.50. The van der Waals surface area contributed by atoms with Crippen LogP contribution in [0.4, 0.5) is 11.4 Å². The fourth-order valence-electron chi connectivity index (χ4n) is 4.42. The number of anilines is 1. The number of carbonyl (C=O) groups excluding carboxylic acids is 1. The van der Waals surface area contributed by atoms with E-state index in [9.17, 15) is 4.79 Å². The molecule has 5 heteroatoms. The summed E-state index contributed by atoms with van der Waals surface area (Å²) in [5, 5.41) is 0.645. The fraction of sp³-hybridized carbons (Fsp3) is 0.391. The molecule has 2 aliphatic rings. The maximum Gasteiger partial charge on any atom is 0.278 e. The van der Waals surface area contributed by atoms with Gasteiger partial charge in [-0.15, -0.1) is 0 Å². The van der Waals surface area contributed by atoms with Crippen molar-refractivity contribution in [2.75, 3.05) is 11.5 Å². The van der Waals surface area contributed by atoms with E-state index in [-0.39, 0.29) is 11.4 Å². The summed E-state index contributed by atoms with van der Waals surface area (Å²) in [7, 11) is 0. The van der Waals surface area contributed by atoms with Gasteiger partial charge in [0.15, 0.2) is 0 Å². The molecular weight excluding hydrogens is 372 g/mol. The largest absolute Gasteiger partial charge is 0.494 e. The van der Waals surface area contributed by atoms with Gasteiger partial charge in [0.25, 0.3) is 5.91 Å². The number of hydrogen-bond donors (Lipinski definition) is 0. The molecule has 0 saturated carbocycles.